The quantitative estimate of drug-likeness (QED) is 0.779. The molecule has 0 spiro atoms. The fraction of sp³-hybridized carbons (Fsp3) is 0.368. The minimum Gasteiger partial charge on any atom is -0.377 e. The zero-order valence-electron chi connectivity index (χ0n) is 12.7. The van der Waals surface area contributed by atoms with E-state index in [1.54, 1.807) is 0 Å². The highest BCUT2D eigenvalue weighted by Gasteiger charge is 2.53. The average molecular weight is 316 g/mol. The van der Waals surface area contributed by atoms with Crippen molar-refractivity contribution in [1.82, 2.24) is 0 Å². The van der Waals surface area contributed by atoms with Crippen LogP contribution in [0.1, 0.15) is 24.0 Å². The van der Waals surface area contributed by atoms with E-state index >= 15 is 0 Å². The first-order valence-corrected chi connectivity index (χ1v) is 8.20. The molecular formula is C19H22ClNO. The van der Waals surface area contributed by atoms with E-state index in [9.17, 15) is 0 Å². The summed E-state index contributed by atoms with van der Waals surface area (Å²) in [5, 5.41) is 0.788. The molecule has 0 saturated heterocycles. The number of rotatable bonds is 7. The van der Waals surface area contributed by atoms with Gasteiger partial charge in [0.05, 0.1) is 6.61 Å². The largest absolute Gasteiger partial charge is 0.377 e. The summed E-state index contributed by atoms with van der Waals surface area (Å²) in [6, 6.07) is 18.4. The summed E-state index contributed by atoms with van der Waals surface area (Å²) in [7, 11) is 0. The molecule has 0 amide bonds. The lowest BCUT2D eigenvalue weighted by Gasteiger charge is -2.16. The van der Waals surface area contributed by atoms with Crippen molar-refractivity contribution >= 4 is 11.6 Å². The molecule has 2 nitrogen and oxygen atoms in total. The van der Waals surface area contributed by atoms with E-state index in [0.717, 1.165) is 24.5 Å². The number of ether oxygens (including phenoxy) is 1. The molecule has 1 fully saturated rings. The highest BCUT2D eigenvalue weighted by molar-refractivity contribution is 6.30. The Balaban J connectivity index is 1.50. The van der Waals surface area contributed by atoms with Gasteiger partial charge in [0.1, 0.15) is 0 Å². The van der Waals surface area contributed by atoms with Gasteiger partial charge in [-0.1, -0.05) is 54.1 Å². The summed E-state index contributed by atoms with van der Waals surface area (Å²) in [6.07, 6.45) is 2.19. The molecule has 116 valence electrons. The van der Waals surface area contributed by atoms with E-state index in [-0.39, 0.29) is 5.41 Å². The first kappa shape index (κ1) is 15.5. The van der Waals surface area contributed by atoms with Crippen LogP contribution in [0.15, 0.2) is 54.6 Å². The Labute approximate surface area is 137 Å². The van der Waals surface area contributed by atoms with E-state index in [0.29, 0.717) is 19.1 Å². The van der Waals surface area contributed by atoms with Gasteiger partial charge in [-0.05, 0) is 42.0 Å². The maximum absolute atomic E-state index is 6.11. The standard InChI is InChI=1S/C19H22ClNO/c20-18-8-4-7-16(11-18)19(14-21)12-17(19)9-10-22-13-15-5-2-1-3-6-15/h1-8,11,17H,9-10,12-14,21H2/t17-,19-/m0/s1. The smallest absolute Gasteiger partial charge is 0.0716 e. The van der Waals surface area contributed by atoms with Crippen LogP contribution < -0.4 is 5.73 Å². The molecule has 2 atom stereocenters. The van der Waals surface area contributed by atoms with Crippen LogP contribution in [0.5, 0.6) is 0 Å². The van der Waals surface area contributed by atoms with Crippen LogP contribution in [0.3, 0.4) is 0 Å². The third-order valence-corrected chi connectivity index (χ3v) is 4.95. The SMILES string of the molecule is NC[C@]1(c2cccc(Cl)c2)C[C@@H]1CCOCc1ccccc1. The van der Waals surface area contributed by atoms with Crippen molar-refractivity contribution in [3.05, 3.63) is 70.7 Å². The monoisotopic (exact) mass is 315 g/mol. The fourth-order valence-electron chi connectivity index (χ4n) is 3.27. The molecule has 0 heterocycles. The van der Waals surface area contributed by atoms with Crippen molar-refractivity contribution < 1.29 is 4.74 Å². The Hall–Kier alpha value is -1.35. The topological polar surface area (TPSA) is 35.2 Å². The Morgan fingerprint density at radius 3 is 2.68 bits per heavy atom. The van der Waals surface area contributed by atoms with Crippen LogP contribution >= 0.6 is 11.6 Å². The van der Waals surface area contributed by atoms with Crippen molar-refractivity contribution in [3.63, 3.8) is 0 Å². The fourth-order valence-corrected chi connectivity index (χ4v) is 3.46. The van der Waals surface area contributed by atoms with Gasteiger partial charge in [-0.25, -0.2) is 0 Å². The molecule has 0 bridgehead atoms. The normalized spacial score (nSPS) is 23.5. The van der Waals surface area contributed by atoms with Gasteiger partial charge in [-0.2, -0.15) is 0 Å². The Bertz CT molecular complexity index is 616. The summed E-state index contributed by atoms with van der Waals surface area (Å²) in [5.41, 5.74) is 8.66. The molecule has 1 saturated carbocycles. The number of hydrogen-bond acceptors (Lipinski definition) is 2. The maximum Gasteiger partial charge on any atom is 0.0716 e. The van der Waals surface area contributed by atoms with Crippen LogP contribution in [0.2, 0.25) is 5.02 Å². The predicted octanol–water partition coefficient (Wildman–Crippen LogP) is 4.16. The van der Waals surface area contributed by atoms with E-state index in [2.05, 4.69) is 24.3 Å². The van der Waals surface area contributed by atoms with Crippen LogP contribution in [-0.2, 0) is 16.8 Å². The lowest BCUT2D eigenvalue weighted by Crippen LogP contribution is -2.23. The molecule has 0 radical (unpaired) electrons. The summed E-state index contributed by atoms with van der Waals surface area (Å²) in [4.78, 5) is 0. The molecule has 1 aliphatic carbocycles. The van der Waals surface area contributed by atoms with Crippen molar-refractivity contribution in [3.8, 4) is 0 Å². The molecule has 0 aromatic heterocycles. The van der Waals surface area contributed by atoms with Crippen LogP contribution in [-0.4, -0.2) is 13.2 Å². The second-order valence-electron chi connectivity index (χ2n) is 6.10. The number of nitrogens with two attached hydrogens (primary N) is 1. The van der Waals surface area contributed by atoms with E-state index in [4.69, 9.17) is 22.1 Å². The minimum absolute atomic E-state index is 0.112. The molecule has 2 aromatic rings. The molecule has 3 rings (SSSR count). The van der Waals surface area contributed by atoms with Crippen LogP contribution in [0, 0.1) is 5.92 Å². The molecule has 3 heteroatoms. The van der Waals surface area contributed by atoms with Crippen molar-refractivity contribution in [2.24, 2.45) is 11.7 Å². The maximum atomic E-state index is 6.11. The lowest BCUT2D eigenvalue weighted by molar-refractivity contribution is 0.113. The summed E-state index contributed by atoms with van der Waals surface area (Å²) >= 11 is 6.11. The predicted molar refractivity (Wildman–Crippen MR) is 91.0 cm³/mol. The minimum atomic E-state index is 0.112. The summed E-state index contributed by atoms with van der Waals surface area (Å²) < 4.78 is 5.80. The second-order valence-corrected chi connectivity index (χ2v) is 6.53. The van der Waals surface area contributed by atoms with Gasteiger partial charge >= 0.3 is 0 Å². The highest BCUT2D eigenvalue weighted by Crippen LogP contribution is 2.55. The highest BCUT2D eigenvalue weighted by atomic mass is 35.5. The van der Waals surface area contributed by atoms with Gasteiger partial charge in [-0.3, -0.25) is 0 Å². The zero-order chi connectivity index (χ0) is 15.4. The summed E-state index contributed by atoms with van der Waals surface area (Å²) in [6.45, 7) is 2.14. The van der Waals surface area contributed by atoms with Gasteiger partial charge < -0.3 is 10.5 Å². The van der Waals surface area contributed by atoms with Crippen LogP contribution in [0.4, 0.5) is 0 Å². The number of halogens is 1. The van der Waals surface area contributed by atoms with Crippen molar-refractivity contribution in [2.45, 2.75) is 24.9 Å². The van der Waals surface area contributed by atoms with E-state index in [1.807, 2.05) is 30.3 Å². The molecule has 2 N–H and O–H groups in total. The lowest BCUT2D eigenvalue weighted by atomic mass is 9.92. The van der Waals surface area contributed by atoms with Gasteiger partial charge in [0.15, 0.2) is 0 Å². The van der Waals surface area contributed by atoms with E-state index < -0.39 is 0 Å². The average Bonchev–Trinajstić information content (AvgIpc) is 3.27. The van der Waals surface area contributed by atoms with Crippen molar-refractivity contribution in [2.75, 3.05) is 13.2 Å². The molecule has 22 heavy (non-hydrogen) atoms. The Kier molecular flexibility index (Phi) is 4.82. The summed E-state index contributed by atoms with van der Waals surface area (Å²) in [5.74, 6) is 0.603. The first-order valence-electron chi connectivity index (χ1n) is 7.82. The van der Waals surface area contributed by atoms with Gasteiger partial charge in [0.25, 0.3) is 0 Å². The van der Waals surface area contributed by atoms with Crippen molar-refractivity contribution in [1.29, 1.82) is 0 Å². The van der Waals surface area contributed by atoms with Gasteiger partial charge in [0, 0.05) is 23.6 Å². The third kappa shape index (κ3) is 3.35. The zero-order valence-corrected chi connectivity index (χ0v) is 13.4. The van der Waals surface area contributed by atoms with E-state index in [1.165, 1.54) is 11.1 Å². The molecular weight excluding hydrogens is 294 g/mol. The molecule has 2 aromatic carbocycles. The van der Waals surface area contributed by atoms with Gasteiger partial charge in [0.2, 0.25) is 0 Å². The Morgan fingerprint density at radius 2 is 1.95 bits per heavy atom. The number of hydrogen-bond donors (Lipinski definition) is 1. The first-order chi connectivity index (χ1) is 10.7. The third-order valence-electron chi connectivity index (χ3n) is 4.72. The number of benzene rings is 2. The molecule has 0 unspecified atom stereocenters. The van der Waals surface area contributed by atoms with Gasteiger partial charge in [-0.15, -0.1) is 0 Å². The van der Waals surface area contributed by atoms with Crippen LogP contribution in [0.25, 0.3) is 0 Å². The molecule has 0 aliphatic heterocycles. The second kappa shape index (κ2) is 6.82. The Morgan fingerprint density at radius 1 is 1.14 bits per heavy atom. The molecule has 1 aliphatic rings.